The van der Waals surface area contributed by atoms with Gasteiger partial charge in [-0.3, -0.25) is 15.1 Å². The molecule has 30 heavy (non-hydrogen) atoms. The van der Waals surface area contributed by atoms with Crippen molar-refractivity contribution in [2.45, 2.75) is 5.16 Å². The lowest BCUT2D eigenvalue weighted by molar-refractivity contribution is -0.117. The van der Waals surface area contributed by atoms with E-state index in [0.29, 0.717) is 41.4 Å². The van der Waals surface area contributed by atoms with Crippen molar-refractivity contribution >= 4 is 29.4 Å². The molecule has 0 bridgehead atoms. The first kappa shape index (κ1) is 19.7. The Labute approximate surface area is 176 Å². The lowest BCUT2D eigenvalue weighted by Gasteiger charge is -2.19. The van der Waals surface area contributed by atoms with Gasteiger partial charge in [-0.05, 0) is 24.3 Å². The summed E-state index contributed by atoms with van der Waals surface area (Å²) < 4.78 is 12.7. The molecule has 1 aliphatic heterocycles. The van der Waals surface area contributed by atoms with Crippen LogP contribution in [0, 0.1) is 0 Å². The Bertz CT molecular complexity index is 1070. The van der Waals surface area contributed by atoms with Crippen LogP contribution in [0.5, 0.6) is 11.5 Å². The van der Waals surface area contributed by atoms with Gasteiger partial charge in [-0.15, -0.1) is 10.2 Å². The second-order valence-corrected chi connectivity index (χ2v) is 7.20. The van der Waals surface area contributed by atoms with Crippen molar-refractivity contribution in [2.75, 3.05) is 24.3 Å². The predicted octanol–water partition coefficient (Wildman–Crippen LogP) is 2.09. The molecule has 2 N–H and O–H groups in total. The topological polar surface area (TPSA) is 120 Å². The summed E-state index contributed by atoms with van der Waals surface area (Å²) in [6.45, 7) is 0.935. The number of benzene rings is 1. The smallest absolute Gasteiger partial charge is 0.325 e. The van der Waals surface area contributed by atoms with E-state index in [-0.39, 0.29) is 5.75 Å². The third-order valence-electron chi connectivity index (χ3n) is 4.14. The molecule has 0 atom stereocenters. The van der Waals surface area contributed by atoms with Crippen LogP contribution >= 0.6 is 11.8 Å². The van der Waals surface area contributed by atoms with Crippen molar-refractivity contribution in [3.8, 4) is 22.9 Å². The summed E-state index contributed by atoms with van der Waals surface area (Å²) in [5, 5.41) is 13.7. The average Bonchev–Trinajstić information content (AvgIpc) is 3.13. The molecule has 10 nitrogen and oxygen atoms in total. The number of imide groups is 1. The number of amides is 3. The highest BCUT2D eigenvalue weighted by molar-refractivity contribution is 7.99. The van der Waals surface area contributed by atoms with Gasteiger partial charge in [-0.25, -0.2) is 4.79 Å². The van der Waals surface area contributed by atoms with E-state index in [1.807, 2.05) is 12.1 Å². The molecular weight excluding hydrogens is 408 g/mol. The normalized spacial score (nSPS) is 12.3. The number of thioether (sulfide) groups is 1. The second-order valence-electron chi connectivity index (χ2n) is 6.26. The molecule has 0 spiro atoms. The van der Waals surface area contributed by atoms with Crippen LogP contribution in [0.2, 0.25) is 0 Å². The molecule has 1 aliphatic rings. The summed E-state index contributed by atoms with van der Waals surface area (Å²) in [4.78, 5) is 28.3. The molecule has 1 aromatic carbocycles. The Morgan fingerprint density at radius 3 is 2.80 bits per heavy atom. The second kappa shape index (κ2) is 8.82. The fraction of sp³-hybridized carbons (Fsp3) is 0.211. The minimum absolute atomic E-state index is 0.00751. The maximum Gasteiger partial charge on any atom is 0.325 e. The molecule has 0 saturated carbocycles. The van der Waals surface area contributed by atoms with Crippen LogP contribution in [0.15, 0.2) is 47.9 Å². The highest BCUT2D eigenvalue weighted by atomic mass is 32.2. The summed E-state index contributed by atoms with van der Waals surface area (Å²) in [5.74, 6) is 1.36. The Morgan fingerprint density at radius 1 is 1.17 bits per heavy atom. The fourth-order valence-corrected chi connectivity index (χ4v) is 3.47. The molecule has 0 fully saturated rings. The number of aromatic nitrogens is 4. The van der Waals surface area contributed by atoms with Crippen molar-refractivity contribution in [1.29, 1.82) is 0 Å². The van der Waals surface area contributed by atoms with Gasteiger partial charge in [0.05, 0.1) is 5.75 Å². The van der Waals surface area contributed by atoms with Crippen LogP contribution in [0.25, 0.3) is 11.4 Å². The maximum absolute atomic E-state index is 12.1. The van der Waals surface area contributed by atoms with E-state index in [1.54, 1.807) is 42.2 Å². The van der Waals surface area contributed by atoms with E-state index in [0.717, 1.165) is 5.56 Å². The summed E-state index contributed by atoms with van der Waals surface area (Å²) in [6.07, 6.45) is 3.36. The molecule has 154 valence electrons. The van der Waals surface area contributed by atoms with Crippen molar-refractivity contribution in [2.24, 2.45) is 7.05 Å². The van der Waals surface area contributed by atoms with E-state index in [1.165, 1.54) is 11.8 Å². The lowest BCUT2D eigenvalue weighted by atomic mass is 10.2. The Kier molecular flexibility index (Phi) is 5.80. The van der Waals surface area contributed by atoms with Crippen molar-refractivity contribution in [3.63, 3.8) is 0 Å². The summed E-state index contributed by atoms with van der Waals surface area (Å²) in [7, 11) is 1.80. The standard InChI is InChI=1S/C19H18N6O4S/c1-25-17(12-3-2-6-20-10-12)23-24-19(25)30-11-16(26)22-18(27)21-13-4-5-14-15(9-13)29-8-7-28-14/h2-6,9-10H,7-8,11H2,1H3,(H2,21,22,26,27). The quantitative estimate of drug-likeness (QED) is 0.595. The molecule has 2 aromatic heterocycles. The first-order valence-corrected chi connectivity index (χ1v) is 10.0. The number of hydrogen-bond donors (Lipinski definition) is 2. The zero-order valence-corrected chi connectivity index (χ0v) is 16.8. The number of ether oxygens (including phenoxy) is 2. The lowest BCUT2D eigenvalue weighted by Crippen LogP contribution is -2.35. The van der Waals surface area contributed by atoms with E-state index >= 15 is 0 Å². The van der Waals surface area contributed by atoms with Gasteiger partial charge in [0.15, 0.2) is 22.5 Å². The van der Waals surface area contributed by atoms with Crippen LogP contribution in [0.1, 0.15) is 0 Å². The largest absolute Gasteiger partial charge is 0.486 e. The van der Waals surface area contributed by atoms with Crippen LogP contribution in [-0.2, 0) is 11.8 Å². The number of nitrogens with zero attached hydrogens (tertiary/aromatic N) is 4. The summed E-state index contributed by atoms with van der Waals surface area (Å²) >= 11 is 1.18. The minimum atomic E-state index is -0.633. The molecule has 11 heteroatoms. The molecule has 3 aromatic rings. The van der Waals surface area contributed by atoms with Gasteiger partial charge in [-0.2, -0.15) is 0 Å². The zero-order valence-electron chi connectivity index (χ0n) is 16.0. The molecule has 4 rings (SSSR count). The summed E-state index contributed by atoms with van der Waals surface area (Å²) in [5.41, 5.74) is 1.31. The number of pyridine rings is 1. The maximum atomic E-state index is 12.1. The van der Waals surface area contributed by atoms with Gasteiger partial charge >= 0.3 is 6.03 Å². The van der Waals surface area contributed by atoms with E-state index in [9.17, 15) is 9.59 Å². The zero-order chi connectivity index (χ0) is 20.9. The van der Waals surface area contributed by atoms with Gasteiger partial charge in [0.1, 0.15) is 13.2 Å². The van der Waals surface area contributed by atoms with Crippen LogP contribution in [0.4, 0.5) is 10.5 Å². The number of nitrogens with one attached hydrogen (secondary N) is 2. The monoisotopic (exact) mass is 426 g/mol. The van der Waals surface area contributed by atoms with Crippen molar-refractivity contribution in [3.05, 3.63) is 42.7 Å². The van der Waals surface area contributed by atoms with Crippen molar-refractivity contribution < 1.29 is 19.1 Å². The molecule has 0 radical (unpaired) electrons. The third kappa shape index (κ3) is 4.51. The molecule has 0 unspecified atom stereocenters. The van der Waals surface area contributed by atoms with Gasteiger partial charge in [0.25, 0.3) is 0 Å². The minimum Gasteiger partial charge on any atom is -0.486 e. The van der Waals surface area contributed by atoms with Crippen LogP contribution in [0.3, 0.4) is 0 Å². The summed E-state index contributed by atoms with van der Waals surface area (Å²) in [6, 6.07) is 8.07. The average molecular weight is 426 g/mol. The molecule has 3 heterocycles. The number of carbonyl (C=O) groups excluding carboxylic acids is 2. The number of hydrogen-bond acceptors (Lipinski definition) is 8. The Hall–Kier alpha value is -3.60. The molecule has 0 aliphatic carbocycles. The number of carbonyl (C=O) groups is 2. The highest BCUT2D eigenvalue weighted by Gasteiger charge is 2.16. The Balaban J connectivity index is 1.30. The number of urea groups is 1. The molecular formula is C19H18N6O4S. The van der Waals surface area contributed by atoms with Gasteiger partial charge in [0, 0.05) is 36.8 Å². The molecule has 0 saturated heterocycles. The van der Waals surface area contributed by atoms with Crippen LogP contribution < -0.4 is 20.1 Å². The van der Waals surface area contributed by atoms with E-state index in [4.69, 9.17) is 9.47 Å². The number of rotatable bonds is 5. The first-order valence-electron chi connectivity index (χ1n) is 9.03. The van der Waals surface area contributed by atoms with Crippen molar-refractivity contribution in [1.82, 2.24) is 25.1 Å². The fourth-order valence-electron chi connectivity index (χ4n) is 2.76. The van der Waals surface area contributed by atoms with Gasteiger partial charge < -0.3 is 19.4 Å². The van der Waals surface area contributed by atoms with E-state index in [2.05, 4.69) is 25.8 Å². The predicted molar refractivity (Wildman–Crippen MR) is 110 cm³/mol. The van der Waals surface area contributed by atoms with Gasteiger partial charge in [0.2, 0.25) is 5.91 Å². The van der Waals surface area contributed by atoms with E-state index < -0.39 is 11.9 Å². The highest BCUT2D eigenvalue weighted by Crippen LogP contribution is 2.32. The number of fused-ring (bicyclic) bond motifs is 1. The Morgan fingerprint density at radius 2 is 2.00 bits per heavy atom. The SMILES string of the molecule is Cn1c(SCC(=O)NC(=O)Nc2ccc3c(c2)OCCO3)nnc1-c1cccnc1. The first-order chi connectivity index (χ1) is 14.6. The van der Waals surface area contributed by atoms with Gasteiger partial charge in [-0.1, -0.05) is 11.8 Å². The number of anilines is 1. The van der Waals surface area contributed by atoms with Crippen LogP contribution in [-0.4, -0.2) is 50.7 Å². The third-order valence-corrected chi connectivity index (χ3v) is 5.16. The molecule has 3 amide bonds.